The molecule has 0 radical (unpaired) electrons. The number of benzene rings is 3. The Kier molecular flexibility index (Phi) is 17.5. The van der Waals surface area contributed by atoms with Gasteiger partial charge in [0.1, 0.15) is 46.3 Å². The number of rotatable bonds is 24. The van der Waals surface area contributed by atoms with Crippen LogP contribution in [0, 0.1) is 0 Å². The summed E-state index contributed by atoms with van der Waals surface area (Å²) in [5, 5.41) is 2.72. The van der Waals surface area contributed by atoms with E-state index in [-0.39, 0.29) is 66.7 Å². The maximum Gasteiger partial charge on any atom is 0.272 e. The smallest absolute Gasteiger partial charge is 0.272 e. The number of carbonyl (C=O) groups excluding carboxylic acids is 3. The van der Waals surface area contributed by atoms with Gasteiger partial charge >= 0.3 is 0 Å². The number of nitrogens with zero attached hydrogens (tertiary/aromatic N) is 5. The van der Waals surface area contributed by atoms with E-state index < -0.39 is 31.3 Å². The zero-order chi connectivity index (χ0) is 53.7. The molecule has 3 saturated heterocycles. The van der Waals surface area contributed by atoms with Crippen molar-refractivity contribution >= 4 is 66.6 Å². The highest BCUT2D eigenvalue weighted by molar-refractivity contribution is 8.02. The average molecular weight is 1070 g/mol. The molecule has 2 amide bonds. The lowest BCUT2D eigenvalue weighted by Crippen LogP contribution is -2.76. The van der Waals surface area contributed by atoms with Crippen LogP contribution in [0.2, 0.25) is 0 Å². The number of para-hydroxylation sites is 1. The molecule has 0 aliphatic carbocycles. The number of nitrogens with two attached hydrogens (primary N) is 1. The molecule has 2 bridgehead atoms. The Morgan fingerprint density at radius 3 is 2.20 bits per heavy atom. The number of allylic oxidation sites excluding steroid dienone is 7. The molecule has 3 N–H and O–H groups in total. The Hall–Kier alpha value is -5.21. The number of ketones is 1. The third kappa shape index (κ3) is 13.1. The van der Waals surface area contributed by atoms with E-state index in [1.54, 1.807) is 23.9 Å². The van der Waals surface area contributed by atoms with Gasteiger partial charge in [0.25, 0.3) is 5.91 Å². The zero-order valence-electron chi connectivity index (χ0n) is 44.1. The van der Waals surface area contributed by atoms with Crippen molar-refractivity contribution in [1.82, 2.24) is 9.62 Å². The molecular formula is C56H75N7O8S3+2. The summed E-state index contributed by atoms with van der Waals surface area (Å²) in [6.07, 6.45) is 15.9. The molecule has 3 aromatic rings. The fourth-order valence-electron chi connectivity index (χ4n) is 11.3. The quantitative estimate of drug-likeness (QED) is 0.0489. The molecule has 0 spiro atoms. The normalized spacial score (nSPS) is 21.8. The number of primary amides is 1. The summed E-state index contributed by atoms with van der Waals surface area (Å²) < 4.78 is 67.2. The van der Waals surface area contributed by atoms with Gasteiger partial charge < -0.3 is 29.5 Å². The third-order valence-electron chi connectivity index (χ3n) is 15.8. The predicted molar refractivity (Wildman–Crippen MR) is 294 cm³/mol. The Bertz CT molecular complexity index is 2990. The summed E-state index contributed by atoms with van der Waals surface area (Å²) in [4.78, 5) is 40.5. The van der Waals surface area contributed by atoms with Crippen LogP contribution in [0.1, 0.15) is 69.2 Å². The number of piperazine rings is 3. The molecule has 3 fully saturated rings. The van der Waals surface area contributed by atoms with Crippen LogP contribution in [0.15, 0.2) is 119 Å². The standard InChI is InChI=1S/C56H73N7O8S3/c1-55(2)47-16-8-9-17-50(47)61(29-13-37-73(67,68)69)52(55)19-11-15-45(72-7)14-10-18-51-56(3,4)48-39-46(25-26-49(48)60(51)6)74(70,71)59(5)28-12-20-54(66)58-40-44(64)38-43-23-21-42(22-24-43)27-30-62-31-34-63(35-32-62,36-33-62)41-53(57)65/h8-11,14-19,21-26,39H,12-13,20,27-38,40-41H2,1-7H3,(H-3,57,58,65,66,67,68,69)/p+2. The van der Waals surface area contributed by atoms with Crippen LogP contribution in [0.4, 0.5) is 11.4 Å². The van der Waals surface area contributed by atoms with E-state index in [1.807, 2.05) is 80.1 Å². The highest BCUT2D eigenvalue weighted by atomic mass is 32.2. The number of carbonyl (C=O) groups is 3. The molecule has 5 heterocycles. The molecule has 18 heteroatoms. The van der Waals surface area contributed by atoms with Gasteiger partial charge in [0.05, 0.1) is 33.5 Å². The third-order valence-corrected chi connectivity index (χ3v) is 19.2. The summed E-state index contributed by atoms with van der Waals surface area (Å²) in [6.45, 7) is 16.6. The van der Waals surface area contributed by atoms with Crippen LogP contribution in [-0.2, 0) is 58.2 Å². The largest absolute Gasteiger partial charge is 0.748 e. The number of sulfonamides is 1. The van der Waals surface area contributed by atoms with Crippen molar-refractivity contribution in [3.63, 3.8) is 0 Å². The molecular weight excluding hydrogens is 995 g/mol. The van der Waals surface area contributed by atoms with E-state index in [4.69, 9.17) is 5.73 Å². The van der Waals surface area contributed by atoms with Gasteiger partial charge in [-0.25, -0.2) is 21.1 Å². The first-order valence-corrected chi connectivity index (χ1v) is 29.8. The maximum atomic E-state index is 13.9. The van der Waals surface area contributed by atoms with Crippen molar-refractivity contribution in [3.05, 3.63) is 136 Å². The van der Waals surface area contributed by atoms with Gasteiger partial charge in [-0.2, -0.15) is 4.58 Å². The summed E-state index contributed by atoms with van der Waals surface area (Å²) >= 11 is 1.59. The van der Waals surface area contributed by atoms with E-state index in [1.165, 1.54) is 16.9 Å². The molecule has 74 heavy (non-hydrogen) atoms. The fourth-order valence-corrected chi connectivity index (χ4v) is 13.4. The first-order valence-electron chi connectivity index (χ1n) is 25.6. The number of quaternary nitrogens is 2. The van der Waals surface area contributed by atoms with Gasteiger partial charge in [0, 0.05) is 84.6 Å². The SMILES string of the molecule is CSC(=C\C=C\C1=[N+](C)c2ccc(S(=O)(=O)N(C)CCCC(=O)NCC(=O)Cc3ccc(CC[N+]45CC[N+](CC(N)=O)(CC4)CC5)cc3)cc2C1(C)C)/C=C/C=C1/N(CCCS(=O)(=O)[O-])c2ccccc2C1(C)C. The Morgan fingerprint density at radius 2 is 1.54 bits per heavy atom. The fraction of sp³-hybridized carbons (Fsp3) is 0.464. The maximum absolute atomic E-state index is 13.9. The predicted octanol–water partition coefficient (Wildman–Crippen LogP) is 5.69. The summed E-state index contributed by atoms with van der Waals surface area (Å²) in [5.41, 5.74) is 12.7. The van der Waals surface area contributed by atoms with Gasteiger partial charge in [-0.05, 0) is 86.1 Å². The summed E-state index contributed by atoms with van der Waals surface area (Å²) in [6, 6.07) is 21.4. The van der Waals surface area contributed by atoms with E-state index >= 15 is 0 Å². The van der Waals surface area contributed by atoms with E-state index in [0.717, 1.165) is 106 Å². The molecule has 5 aliphatic rings. The molecule has 0 unspecified atom stereocenters. The van der Waals surface area contributed by atoms with Crippen molar-refractivity contribution in [2.75, 3.05) is 103 Å². The van der Waals surface area contributed by atoms with E-state index in [9.17, 15) is 35.8 Å². The van der Waals surface area contributed by atoms with Crippen molar-refractivity contribution in [1.29, 1.82) is 0 Å². The zero-order valence-corrected chi connectivity index (χ0v) is 46.6. The van der Waals surface area contributed by atoms with Crippen LogP contribution in [0.3, 0.4) is 0 Å². The van der Waals surface area contributed by atoms with Crippen molar-refractivity contribution in [3.8, 4) is 0 Å². The van der Waals surface area contributed by atoms with Crippen LogP contribution >= 0.6 is 11.8 Å². The second-order valence-electron chi connectivity index (χ2n) is 21.6. The monoisotopic (exact) mass is 1070 g/mol. The number of anilines is 1. The van der Waals surface area contributed by atoms with Crippen LogP contribution in [0.25, 0.3) is 0 Å². The second-order valence-corrected chi connectivity index (χ2v) is 26.0. The van der Waals surface area contributed by atoms with Gasteiger partial charge in [0.15, 0.2) is 18.0 Å². The van der Waals surface area contributed by atoms with Crippen molar-refractivity contribution in [2.24, 2.45) is 5.73 Å². The lowest BCUT2D eigenvalue weighted by atomic mass is 9.81. The van der Waals surface area contributed by atoms with Crippen LogP contribution in [0.5, 0.6) is 0 Å². The number of hydrogen-bond donors (Lipinski definition) is 2. The highest BCUT2D eigenvalue weighted by Crippen LogP contribution is 2.48. The van der Waals surface area contributed by atoms with Crippen molar-refractivity contribution < 1.29 is 49.3 Å². The number of amides is 2. The van der Waals surface area contributed by atoms with E-state index in [2.05, 4.69) is 66.8 Å². The number of hydrogen-bond acceptors (Lipinski definition) is 10. The molecule has 0 atom stereocenters. The number of thioether (sulfide) groups is 1. The lowest BCUT2D eigenvalue weighted by molar-refractivity contribution is -1.08. The molecule has 0 aromatic heterocycles. The Morgan fingerprint density at radius 1 is 0.878 bits per heavy atom. The summed E-state index contributed by atoms with van der Waals surface area (Å²) in [7, 11) is -4.72. The molecule has 0 saturated carbocycles. The number of nitrogens with one attached hydrogen (secondary N) is 1. The van der Waals surface area contributed by atoms with E-state index in [0.29, 0.717) is 13.1 Å². The Balaban J connectivity index is 0.873. The first-order chi connectivity index (χ1) is 34.9. The Labute approximate surface area is 443 Å². The minimum atomic E-state index is -4.32. The molecule has 15 nitrogen and oxygen atoms in total. The van der Waals surface area contributed by atoms with Gasteiger partial charge in [-0.1, -0.05) is 68.5 Å². The minimum absolute atomic E-state index is 0.0751. The second kappa shape index (κ2) is 22.9. The topological polar surface area (TPSA) is 190 Å². The van der Waals surface area contributed by atoms with Gasteiger partial charge in [-0.15, -0.1) is 11.8 Å². The molecule has 8 rings (SSSR count). The highest BCUT2D eigenvalue weighted by Gasteiger charge is 2.49. The molecule has 5 aliphatic heterocycles. The summed E-state index contributed by atoms with van der Waals surface area (Å²) in [5.74, 6) is -1.05. The average Bonchev–Trinajstić information content (AvgIpc) is 3.69. The van der Waals surface area contributed by atoms with Crippen LogP contribution in [-0.4, -0.2) is 161 Å². The molecule has 3 aromatic carbocycles. The van der Waals surface area contributed by atoms with Crippen LogP contribution < -0.4 is 16.0 Å². The number of Topliss-reactive ketones (excluding diaryl/α,β-unsaturated/α-hetero) is 1. The van der Waals surface area contributed by atoms with Gasteiger partial charge in [-0.3, -0.25) is 14.4 Å². The minimum Gasteiger partial charge on any atom is -0.748 e. The first kappa shape index (κ1) is 56.5. The lowest BCUT2D eigenvalue weighted by Gasteiger charge is -2.55. The molecule has 398 valence electrons. The number of fused-ring (bicyclic) bond motifs is 5. The van der Waals surface area contributed by atoms with Gasteiger partial charge in [0.2, 0.25) is 21.6 Å². The van der Waals surface area contributed by atoms with Crippen molar-refractivity contribution in [2.45, 2.75) is 75.5 Å².